The van der Waals surface area contributed by atoms with E-state index in [2.05, 4.69) is 5.32 Å². The molecule has 0 aromatic heterocycles. The van der Waals surface area contributed by atoms with E-state index in [0.29, 0.717) is 26.9 Å². The molecule has 0 aliphatic carbocycles. The van der Waals surface area contributed by atoms with E-state index in [1.807, 2.05) is 6.92 Å². The molecule has 0 aliphatic heterocycles. The van der Waals surface area contributed by atoms with E-state index < -0.39 is 5.97 Å². The number of carbonyl (C=O) groups excluding carboxylic acids is 2. The number of rotatable bonds is 5. The molecule has 3 aromatic carbocycles. The van der Waals surface area contributed by atoms with Gasteiger partial charge in [0, 0.05) is 15.6 Å². The molecule has 1 amide bonds. The Kier molecular flexibility index (Phi) is 6.34. The molecule has 0 spiro atoms. The van der Waals surface area contributed by atoms with Gasteiger partial charge in [-0.1, -0.05) is 35.3 Å². The number of halogens is 2. The Bertz CT molecular complexity index is 968. The molecule has 1 N–H and O–H groups in total. The first kappa shape index (κ1) is 19.9. The lowest BCUT2D eigenvalue weighted by Crippen LogP contribution is -2.26. The summed E-state index contributed by atoms with van der Waals surface area (Å²) < 4.78 is 5.35. The summed E-state index contributed by atoms with van der Waals surface area (Å²) in [6.07, 6.45) is 0. The molecule has 0 heterocycles. The van der Waals surface area contributed by atoms with Gasteiger partial charge < -0.3 is 10.1 Å². The van der Waals surface area contributed by atoms with Gasteiger partial charge in [-0.2, -0.15) is 0 Å². The van der Waals surface area contributed by atoms with E-state index in [-0.39, 0.29) is 11.9 Å². The van der Waals surface area contributed by atoms with Crippen LogP contribution >= 0.6 is 23.2 Å². The Balaban J connectivity index is 1.61. The fraction of sp³-hybridized carbons (Fsp3) is 0.0909. The molecule has 3 aromatic rings. The van der Waals surface area contributed by atoms with Crippen LogP contribution in [0.15, 0.2) is 72.8 Å². The molecule has 3 rings (SSSR count). The van der Waals surface area contributed by atoms with E-state index in [4.69, 9.17) is 27.9 Å². The fourth-order valence-corrected chi connectivity index (χ4v) is 2.79. The van der Waals surface area contributed by atoms with Crippen LogP contribution in [0.3, 0.4) is 0 Å². The van der Waals surface area contributed by atoms with Gasteiger partial charge in [-0.05, 0) is 73.2 Å². The van der Waals surface area contributed by atoms with Gasteiger partial charge in [-0.15, -0.1) is 0 Å². The number of esters is 1. The van der Waals surface area contributed by atoms with Crippen LogP contribution in [0.5, 0.6) is 5.75 Å². The summed E-state index contributed by atoms with van der Waals surface area (Å²) in [5, 5.41) is 4.05. The van der Waals surface area contributed by atoms with Crippen molar-refractivity contribution in [1.82, 2.24) is 5.32 Å². The maximum absolute atomic E-state index is 12.3. The molecule has 4 nitrogen and oxygen atoms in total. The van der Waals surface area contributed by atoms with Crippen molar-refractivity contribution in [2.45, 2.75) is 13.0 Å². The molecule has 0 fully saturated rings. The Morgan fingerprint density at radius 3 is 1.82 bits per heavy atom. The first-order chi connectivity index (χ1) is 13.4. The summed E-state index contributed by atoms with van der Waals surface area (Å²) in [6, 6.07) is 19.9. The molecule has 142 valence electrons. The van der Waals surface area contributed by atoms with Crippen LogP contribution in [-0.4, -0.2) is 11.9 Å². The number of hydrogen-bond donors (Lipinski definition) is 1. The molecule has 28 heavy (non-hydrogen) atoms. The van der Waals surface area contributed by atoms with Crippen LogP contribution in [0.1, 0.15) is 39.2 Å². The second-order valence-corrected chi connectivity index (χ2v) is 7.04. The third-order valence-corrected chi connectivity index (χ3v) is 4.63. The summed E-state index contributed by atoms with van der Waals surface area (Å²) >= 11 is 11.7. The van der Waals surface area contributed by atoms with Crippen molar-refractivity contribution in [2.75, 3.05) is 0 Å². The molecular weight excluding hydrogens is 397 g/mol. The zero-order valence-corrected chi connectivity index (χ0v) is 16.5. The third kappa shape index (κ3) is 5.12. The van der Waals surface area contributed by atoms with Crippen LogP contribution < -0.4 is 10.1 Å². The van der Waals surface area contributed by atoms with Gasteiger partial charge in [0.15, 0.2) is 0 Å². The van der Waals surface area contributed by atoms with Crippen LogP contribution in [0, 0.1) is 0 Å². The Morgan fingerprint density at radius 1 is 0.786 bits per heavy atom. The molecule has 0 unspecified atom stereocenters. The molecule has 0 saturated heterocycles. The average molecular weight is 414 g/mol. The molecule has 0 aliphatic rings. The number of ether oxygens (including phenoxy) is 1. The normalized spacial score (nSPS) is 11.5. The summed E-state index contributed by atoms with van der Waals surface area (Å²) in [4.78, 5) is 24.4. The number of carbonyl (C=O) groups is 2. The van der Waals surface area contributed by atoms with Crippen molar-refractivity contribution < 1.29 is 14.3 Å². The van der Waals surface area contributed by atoms with Crippen LogP contribution in [0.25, 0.3) is 0 Å². The summed E-state index contributed by atoms with van der Waals surface area (Å²) in [5.41, 5.74) is 1.83. The van der Waals surface area contributed by atoms with Crippen molar-refractivity contribution >= 4 is 35.1 Å². The first-order valence-electron chi connectivity index (χ1n) is 8.56. The summed E-state index contributed by atoms with van der Waals surface area (Å²) in [6.45, 7) is 1.88. The zero-order valence-electron chi connectivity index (χ0n) is 15.0. The minimum absolute atomic E-state index is 0.192. The van der Waals surface area contributed by atoms with Gasteiger partial charge in [0.2, 0.25) is 0 Å². The van der Waals surface area contributed by atoms with Crippen LogP contribution in [0.4, 0.5) is 0 Å². The molecule has 0 radical (unpaired) electrons. The zero-order chi connectivity index (χ0) is 20.1. The second-order valence-electron chi connectivity index (χ2n) is 6.17. The topological polar surface area (TPSA) is 55.4 Å². The van der Waals surface area contributed by atoms with Crippen LogP contribution in [-0.2, 0) is 0 Å². The lowest BCUT2D eigenvalue weighted by atomic mass is 10.1. The van der Waals surface area contributed by atoms with E-state index in [0.717, 1.165) is 5.56 Å². The highest BCUT2D eigenvalue weighted by molar-refractivity contribution is 6.31. The average Bonchev–Trinajstić information content (AvgIpc) is 2.69. The first-order valence-corrected chi connectivity index (χ1v) is 9.32. The molecular formula is C22H17Cl2NO3. The largest absolute Gasteiger partial charge is 0.423 e. The smallest absolute Gasteiger partial charge is 0.343 e. The van der Waals surface area contributed by atoms with Crippen molar-refractivity contribution in [3.05, 3.63) is 99.5 Å². The highest BCUT2D eigenvalue weighted by Crippen LogP contribution is 2.20. The van der Waals surface area contributed by atoms with Crippen molar-refractivity contribution in [2.24, 2.45) is 0 Å². The quantitative estimate of drug-likeness (QED) is 0.430. The second kappa shape index (κ2) is 8.91. The highest BCUT2D eigenvalue weighted by Gasteiger charge is 2.13. The van der Waals surface area contributed by atoms with E-state index >= 15 is 0 Å². The standard InChI is InChI=1S/C22H17Cl2NO3/c1-14(25-21(26)16-2-8-18(23)9-3-16)15-6-12-20(13-7-15)28-22(27)17-4-10-19(24)11-5-17/h2-14H,1H3,(H,25,26)/t14-/m1/s1. The Labute approximate surface area is 173 Å². The van der Waals surface area contributed by atoms with Gasteiger partial charge >= 0.3 is 5.97 Å². The number of amides is 1. The van der Waals surface area contributed by atoms with Gasteiger partial charge in [0.25, 0.3) is 5.91 Å². The van der Waals surface area contributed by atoms with E-state index in [1.54, 1.807) is 72.8 Å². The molecule has 0 saturated carbocycles. The predicted octanol–water partition coefficient (Wildman–Crippen LogP) is 5.70. The van der Waals surface area contributed by atoms with Gasteiger partial charge in [-0.25, -0.2) is 4.79 Å². The number of hydrogen-bond acceptors (Lipinski definition) is 3. The van der Waals surface area contributed by atoms with Crippen LogP contribution in [0.2, 0.25) is 10.0 Å². The van der Waals surface area contributed by atoms with Crippen molar-refractivity contribution in [3.63, 3.8) is 0 Å². The third-order valence-electron chi connectivity index (χ3n) is 4.12. The molecule has 6 heteroatoms. The van der Waals surface area contributed by atoms with Crippen molar-refractivity contribution in [3.8, 4) is 5.75 Å². The highest BCUT2D eigenvalue weighted by atomic mass is 35.5. The van der Waals surface area contributed by atoms with Gasteiger partial charge in [0.1, 0.15) is 5.75 Å². The van der Waals surface area contributed by atoms with Gasteiger partial charge in [0.05, 0.1) is 11.6 Å². The lowest BCUT2D eigenvalue weighted by molar-refractivity contribution is 0.0734. The minimum Gasteiger partial charge on any atom is -0.423 e. The molecule has 0 bridgehead atoms. The SMILES string of the molecule is C[C@@H](NC(=O)c1ccc(Cl)cc1)c1ccc(OC(=O)c2ccc(Cl)cc2)cc1. The minimum atomic E-state index is -0.464. The Hall–Kier alpha value is -2.82. The monoisotopic (exact) mass is 413 g/mol. The predicted molar refractivity (Wildman–Crippen MR) is 110 cm³/mol. The van der Waals surface area contributed by atoms with Crippen molar-refractivity contribution in [1.29, 1.82) is 0 Å². The molecule has 1 atom stereocenters. The van der Waals surface area contributed by atoms with E-state index in [9.17, 15) is 9.59 Å². The van der Waals surface area contributed by atoms with E-state index in [1.165, 1.54) is 0 Å². The number of nitrogens with one attached hydrogen (secondary N) is 1. The van der Waals surface area contributed by atoms with Gasteiger partial charge in [-0.3, -0.25) is 4.79 Å². The maximum atomic E-state index is 12.3. The number of benzene rings is 3. The summed E-state index contributed by atoms with van der Waals surface area (Å²) in [7, 11) is 0. The Morgan fingerprint density at radius 2 is 1.29 bits per heavy atom. The lowest BCUT2D eigenvalue weighted by Gasteiger charge is -2.15. The fourth-order valence-electron chi connectivity index (χ4n) is 2.54. The maximum Gasteiger partial charge on any atom is 0.343 e. The summed E-state index contributed by atoms with van der Waals surface area (Å²) in [5.74, 6) is -0.240.